The lowest BCUT2D eigenvalue weighted by Gasteiger charge is -2.31. The number of rotatable bonds is 11. The van der Waals surface area contributed by atoms with Crippen LogP contribution >= 0.6 is 0 Å². The maximum absolute atomic E-state index is 11.6. The van der Waals surface area contributed by atoms with E-state index in [1.807, 2.05) is 13.8 Å². The van der Waals surface area contributed by atoms with E-state index in [9.17, 15) is 9.90 Å². The third-order valence-corrected chi connectivity index (χ3v) is 4.24. The summed E-state index contributed by atoms with van der Waals surface area (Å²) in [4.78, 5) is 14.1. The van der Waals surface area contributed by atoms with Gasteiger partial charge in [0.05, 0.1) is 0 Å². The van der Waals surface area contributed by atoms with Gasteiger partial charge in [-0.15, -0.1) is 0 Å². The van der Waals surface area contributed by atoms with Gasteiger partial charge in [0.25, 0.3) is 0 Å². The van der Waals surface area contributed by atoms with E-state index in [0.717, 1.165) is 25.6 Å². The zero-order chi connectivity index (χ0) is 15.2. The van der Waals surface area contributed by atoms with Crippen molar-refractivity contribution in [2.45, 2.75) is 71.4 Å². The maximum atomic E-state index is 11.6. The zero-order valence-corrected chi connectivity index (χ0v) is 13.6. The Labute approximate surface area is 123 Å². The van der Waals surface area contributed by atoms with Crippen LogP contribution in [0.5, 0.6) is 0 Å². The molecule has 20 heavy (non-hydrogen) atoms. The predicted molar refractivity (Wildman–Crippen MR) is 83.0 cm³/mol. The van der Waals surface area contributed by atoms with Gasteiger partial charge in [-0.1, -0.05) is 27.7 Å². The number of carboxylic acids is 1. The van der Waals surface area contributed by atoms with Crippen LogP contribution in [0.2, 0.25) is 0 Å². The Bertz CT molecular complexity index is 303. The number of carboxylic acid groups (broad SMARTS) is 1. The third-order valence-electron chi connectivity index (χ3n) is 4.24. The van der Waals surface area contributed by atoms with Crippen molar-refractivity contribution in [3.05, 3.63) is 0 Å². The largest absolute Gasteiger partial charge is 0.480 e. The smallest absolute Gasteiger partial charge is 0.323 e. The Kier molecular flexibility index (Phi) is 6.96. The molecule has 1 unspecified atom stereocenters. The highest BCUT2D eigenvalue weighted by atomic mass is 16.4. The molecule has 2 N–H and O–H groups in total. The summed E-state index contributed by atoms with van der Waals surface area (Å²) >= 11 is 0. The van der Waals surface area contributed by atoms with Crippen molar-refractivity contribution in [2.75, 3.05) is 19.6 Å². The molecule has 1 rings (SSSR count). The molecule has 4 heteroatoms. The minimum absolute atomic E-state index is 0.643. The Balaban J connectivity index is 2.47. The summed E-state index contributed by atoms with van der Waals surface area (Å²) in [6, 6.07) is 0.761. The number of hydrogen-bond donors (Lipinski definition) is 2. The molecule has 0 aromatic carbocycles. The molecule has 0 radical (unpaired) electrons. The van der Waals surface area contributed by atoms with Crippen LogP contribution in [0, 0.1) is 5.92 Å². The van der Waals surface area contributed by atoms with E-state index in [1.165, 1.54) is 12.8 Å². The highest BCUT2D eigenvalue weighted by molar-refractivity contribution is 5.78. The van der Waals surface area contributed by atoms with Crippen molar-refractivity contribution in [3.8, 4) is 0 Å². The highest BCUT2D eigenvalue weighted by Crippen LogP contribution is 2.28. The van der Waals surface area contributed by atoms with Crippen LogP contribution in [0.4, 0.5) is 0 Å². The number of carbonyl (C=O) groups is 1. The molecule has 0 aliphatic heterocycles. The van der Waals surface area contributed by atoms with Crippen molar-refractivity contribution in [1.29, 1.82) is 0 Å². The molecular weight excluding hydrogens is 252 g/mol. The van der Waals surface area contributed by atoms with E-state index >= 15 is 0 Å². The van der Waals surface area contributed by atoms with E-state index in [-0.39, 0.29) is 0 Å². The number of likely N-dealkylation sites (N-methyl/N-ethyl adjacent to an activating group) is 1. The van der Waals surface area contributed by atoms with Gasteiger partial charge in [-0.2, -0.15) is 0 Å². The SMILES string of the molecule is CCNC(CC)(CCCN(CC(C)C)C1CC1)C(=O)O. The lowest BCUT2D eigenvalue weighted by atomic mass is 9.90. The Morgan fingerprint density at radius 3 is 2.45 bits per heavy atom. The summed E-state index contributed by atoms with van der Waals surface area (Å²) in [5.41, 5.74) is -0.734. The van der Waals surface area contributed by atoms with E-state index in [0.29, 0.717) is 25.3 Å². The monoisotopic (exact) mass is 284 g/mol. The number of nitrogens with zero attached hydrogens (tertiary/aromatic N) is 1. The summed E-state index contributed by atoms with van der Waals surface area (Å²) in [6.45, 7) is 11.3. The lowest BCUT2D eigenvalue weighted by Crippen LogP contribution is -2.52. The fourth-order valence-corrected chi connectivity index (χ4v) is 2.98. The molecule has 4 nitrogen and oxygen atoms in total. The van der Waals surface area contributed by atoms with Crippen LogP contribution in [0.3, 0.4) is 0 Å². The molecule has 0 heterocycles. The fourth-order valence-electron chi connectivity index (χ4n) is 2.98. The molecule has 0 saturated heterocycles. The average Bonchev–Trinajstić information content (AvgIpc) is 3.19. The van der Waals surface area contributed by atoms with E-state index in [2.05, 4.69) is 24.1 Å². The Hall–Kier alpha value is -0.610. The van der Waals surface area contributed by atoms with Crippen LogP contribution < -0.4 is 5.32 Å². The van der Waals surface area contributed by atoms with Gasteiger partial charge >= 0.3 is 5.97 Å². The second-order valence-electron chi connectivity index (χ2n) is 6.49. The average molecular weight is 284 g/mol. The quantitative estimate of drug-likeness (QED) is 0.612. The first-order valence-corrected chi connectivity index (χ1v) is 8.17. The van der Waals surface area contributed by atoms with Crippen LogP contribution in [-0.2, 0) is 4.79 Å². The van der Waals surface area contributed by atoms with Gasteiger partial charge in [-0.25, -0.2) is 0 Å². The molecule has 1 atom stereocenters. The first-order chi connectivity index (χ1) is 9.45. The first kappa shape index (κ1) is 17.4. The van der Waals surface area contributed by atoms with Crippen molar-refractivity contribution < 1.29 is 9.90 Å². The van der Waals surface area contributed by atoms with E-state index in [4.69, 9.17) is 0 Å². The lowest BCUT2D eigenvalue weighted by molar-refractivity contribution is -0.145. The molecule has 118 valence electrons. The summed E-state index contributed by atoms with van der Waals surface area (Å²) < 4.78 is 0. The van der Waals surface area contributed by atoms with E-state index < -0.39 is 11.5 Å². The number of hydrogen-bond acceptors (Lipinski definition) is 3. The maximum Gasteiger partial charge on any atom is 0.323 e. The minimum atomic E-state index is -0.734. The summed E-state index contributed by atoms with van der Waals surface area (Å²) in [5.74, 6) is -0.0246. The molecule has 0 spiro atoms. The van der Waals surface area contributed by atoms with Crippen molar-refractivity contribution in [3.63, 3.8) is 0 Å². The van der Waals surface area contributed by atoms with Crippen LogP contribution in [-0.4, -0.2) is 47.2 Å². The van der Waals surface area contributed by atoms with Gasteiger partial charge in [-0.05, 0) is 51.1 Å². The van der Waals surface area contributed by atoms with Crippen LogP contribution in [0.15, 0.2) is 0 Å². The third kappa shape index (κ3) is 5.06. The summed E-state index contributed by atoms with van der Waals surface area (Å²) in [7, 11) is 0. The zero-order valence-electron chi connectivity index (χ0n) is 13.6. The molecule has 0 amide bonds. The molecule has 1 saturated carbocycles. The fraction of sp³-hybridized carbons (Fsp3) is 0.938. The minimum Gasteiger partial charge on any atom is -0.480 e. The molecule has 1 aliphatic rings. The number of aliphatic carboxylic acids is 1. The van der Waals surface area contributed by atoms with Gasteiger partial charge in [0.2, 0.25) is 0 Å². The predicted octanol–water partition coefficient (Wildman–Crippen LogP) is 2.73. The van der Waals surface area contributed by atoms with Crippen molar-refractivity contribution in [2.24, 2.45) is 5.92 Å². The topological polar surface area (TPSA) is 52.6 Å². The highest BCUT2D eigenvalue weighted by Gasteiger charge is 2.36. The molecule has 1 fully saturated rings. The molecule has 0 bridgehead atoms. The number of nitrogens with one attached hydrogen (secondary N) is 1. The normalized spacial score (nSPS) is 18.5. The van der Waals surface area contributed by atoms with Crippen LogP contribution in [0.25, 0.3) is 0 Å². The molecule has 0 aromatic heterocycles. The molecule has 1 aliphatic carbocycles. The Morgan fingerprint density at radius 2 is 2.05 bits per heavy atom. The van der Waals surface area contributed by atoms with Gasteiger partial charge in [-0.3, -0.25) is 4.79 Å². The summed E-state index contributed by atoms with van der Waals surface area (Å²) in [5, 5.41) is 12.7. The first-order valence-electron chi connectivity index (χ1n) is 8.17. The van der Waals surface area contributed by atoms with Gasteiger partial charge in [0.15, 0.2) is 0 Å². The standard InChI is InChI=1S/C16H32N2O2/c1-5-16(15(19)20,17-6-2)10-7-11-18(12-13(3)4)14-8-9-14/h13-14,17H,5-12H2,1-4H3,(H,19,20). The second kappa shape index (κ2) is 7.99. The van der Waals surface area contributed by atoms with Crippen molar-refractivity contribution >= 4 is 5.97 Å². The Morgan fingerprint density at radius 1 is 1.40 bits per heavy atom. The molecular formula is C16H32N2O2. The van der Waals surface area contributed by atoms with Crippen LogP contribution in [0.1, 0.15) is 59.8 Å². The second-order valence-corrected chi connectivity index (χ2v) is 6.49. The van der Waals surface area contributed by atoms with Gasteiger partial charge in [0.1, 0.15) is 5.54 Å². The van der Waals surface area contributed by atoms with E-state index in [1.54, 1.807) is 0 Å². The van der Waals surface area contributed by atoms with Crippen molar-refractivity contribution in [1.82, 2.24) is 10.2 Å². The van der Waals surface area contributed by atoms with Gasteiger partial charge < -0.3 is 15.3 Å². The molecule has 0 aromatic rings. The summed E-state index contributed by atoms with van der Waals surface area (Å²) in [6.07, 6.45) is 4.95. The van der Waals surface area contributed by atoms with Gasteiger partial charge in [0, 0.05) is 12.6 Å².